The first-order valence-corrected chi connectivity index (χ1v) is 19.2. The first-order valence-electron chi connectivity index (χ1n) is 19.2. The van der Waals surface area contributed by atoms with E-state index >= 15 is 0 Å². The molecule has 0 bridgehead atoms. The standard InChI is InChI=1S/C48H36N6/c1-48(26-51-28-52-48)33-15-19-43-39(23-33)41-22-31-13-12-30-21-40-38-20-29(32-24-49-27-50-25-32)14-18-42(38)53(34-8-4-2-5-9-34)46(40)36-16-17-37(45(31)44(30)36)47(41)54(43)35-10-6-3-7-11-35/h2,4-6,8-11,14-15,18-28H,3,7,12-13,16-17H2,1H3. The van der Waals surface area contributed by atoms with Gasteiger partial charge in [0.15, 0.2) is 0 Å². The highest BCUT2D eigenvalue weighted by Crippen LogP contribution is 2.51. The highest BCUT2D eigenvalue weighted by Gasteiger charge is 2.34. The van der Waals surface area contributed by atoms with Gasteiger partial charge in [0.25, 0.3) is 0 Å². The van der Waals surface area contributed by atoms with E-state index in [2.05, 4.69) is 128 Å². The van der Waals surface area contributed by atoms with E-state index in [9.17, 15) is 0 Å². The van der Waals surface area contributed by atoms with Crippen molar-refractivity contribution in [1.82, 2.24) is 19.1 Å². The van der Waals surface area contributed by atoms with Crippen LogP contribution in [0.2, 0.25) is 0 Å². The molecule has 258 valence electrons. The van der Waals surface area contributed by atoms with E-state index < -0.39 is 5.54 Å². The van der Waals surface area contributed by atoms with Crippen molar-refractivity contribution in [3.05, 3.63) is 144 Å². The van der Waals surface area contributed by atoms with Crippen LogP contribution in [0.15, 0.2) is 126 Å². The maximum Gasteiger partial charge on any atom is 0.120 e. The van der Waals surface area contributed by atoms with Crippen LogP contribution in [0.3, 0.4) is 0 Å². The molecule has 0 radical (unpaired) electrons. The predicted molar refractivity (Wildman–Crippen MR) is 222 cm³/mol. The molecule has 4 aliphatic rings. The van der Waals surface area contributed by atoms with Gasteiger partial charge in [-0.25, -0.2) is 15.0 Å². The second-order valence-electron chi connectivity index (χ2n) is 15.4. The van der Waals surface area contributed by atoms with Crippen LogP contribution in [0.25, 0.3) is 77.2 Å². The van der Waals surface area contributed by atoms with Crippen LogP contribution < -0.4 is 0 Å². The first kappa shape index (κ1) is 30.1. The van der Waals surface area contributed by atoms with Crippen LogP contribution in [0, 0.1) is 0 Å². The quantitative estimate of drug-likeness (QED) is 0.184. The summed E-state index contributed by atoms with van der Waals surface area (Å²) in [6, 6.07) is 29.8. The van der Waals surface area contributed by atoms with Gasteiger partial charge in [-0.3, -0.25) is 4.99 Å². The molecule has 0 fully saturated rings. The summed E-state index contributed by atoms with van der Waals surface area (Å²) < 4.78 is 5.09. The van der Waals surface area contributed by atoms with Gasteiger partial charge >= 0.3 is 0 Å². The van der Waals surface area contributed by atoms with Crippen molar-refractivity contribution in [2.45, 2.75) is 51.0 Å². The molecule has 1 aliphatic heterocycles. The fourth-order valence-electron chi connectivity index (χ4n) is 9.99. The monoisotopic (exact) mass is 696 g/mol. The molecule has 3 aromatic heterocycles. The van der Waals surface area contributed by atoms with Crippen LogP contribution in [0.4, 0.5) is 0 Å². The van der Waals surface area contributed by atoms with Gasteiger partial charge < -0.3 is 9.13 Å². The number of fused-ring (bicyclic) bond motifs is 8. The highest BCUT2D eigenvalue weighted by atomic mass is 15.0. The lowest BCUT2D eigenvalue weighted by Crippen LogP contribution is -2.18. The molecular formula is C48H36N6. The molecule has 0 saturated carbocycles. The lowest BCUT2D eigenvalue weighted by molar-refractivity contribution is 0.712. The van der Waals surface area contributed by atoms with Crippen LogP contribution in [-0.4, -0.2) is 31.7 Å². The maximum atomic E-state index is 4.76. The number of nitrogens with zero attached hydrogens (tertiary/aromatic N) is 6. The highest BCUT2D eigenvalue weighted by molar-refractivity contribution is 6.17. The molecule has 1 atom stereocenters. The zero-order valence-corrected chi connectivity index (χ0v) is 30.1. The van der Waals surface area contributed by atoms with Crippen LogP contribution >= 0.6 is 0 Å². The van der Waals surface area contributed by atoms with E-state index in [-0.39, 0.29) is 0 Å². The average Bonchev–Trinajstić information content (AvgIpc) is 3.92. The topological polar surface area (TPSA) is 60.4 Å². The number of aliphatic imine (C=N–C) groups is 2. The van der Waals surface area contributed by atoms with Gasteiger partial charge in [0.1, 0.15) is 18.2 Å². The van der Waals surface area contributed by atoms with E-state index in [1.54, 1.807) is 12.7 Å². The van der Waals surface area contributed by atoms with Crippen molar-refractivity contribution in [2.75, 3.05) is 0 Å². The molecule has 0 saturated heterocycles. The molecule has 12 rings (SSSR count). The van der Waals surface area contributed by atoms with Gasteiger partial charge in [0, 0.05) is 57.1 Å². The van der Waals surface area contributed by atoms with Crippen molar-refractivity contribution in [3.8, 4) is 27.9 Å². The van der Waals surface area contributed by atoms with Crippen molar-refractivity contribution in [3.63, 3.8) is 0 Å². The Bertz CT molecular complexity index is 3030. The van der Waals surface area contributed by atoms with Gasteiger partial charge in [-0.05, 0) is 145 Å². The predicted octanol–water partition coefficient (Wildman–Crippen LogP) is 10.7. The summed E-state index contributed by atoms with van der Waals surface area (Å²) in [5, 5.41) is 5.26. The van der Waals surface area contributed by atoms with Crippen LogP contribution in [-0.2, 0) is 31.2 Å². The number of aromatic nitrogens is 4. The van der Waals surface area contributed by atoms with E-state index in [0.29, 0.717) is 0 Å². The Morgan fingerprint density at radius 3 is 2.06 bits per heavy atom. The molecule has 0 spiro atoms. The second kappa shape index (κ2) is 11.1. The van der Waals surface area contributed by atoms with Gasteiger partial charge in [0.05, 0.1) is 22.1 Å². The van der Waals surface area contributed by atoms with Gasteiger partial charge in [0.2, 0.25) is 0 Å². The number of hydrogen-bond donors (Lipinski definition) is 0. The molecule has 6 nitrogen and oxygen atoms in total. The fraction of sp³-hybridized carbons (Fsp3) is 0.167. The minimum absolute atomic E-state index is 0.443. The lowest BCUT2D eigenvalue weighted by atomic mass is 9.74. The molecule has 8 aromatic rings. The van der Waals surface area contributed by atoms with Crippen molar-refractivity contribution in [1.29, 1.82) is 0 Å². The summed E-state index contributed by atoms with van der Waals surface area (Å²) in [5.74, 6) is 0. The van der Waals surface area contributed by atoms with Crippen LogP contribution in [0.5, 0.6) is 0 Å². The summed E-state index contributed by atoms with van der Waals surface area (Å²) in [4.78, 5) is 17.8. The summed E-state index contributed by atoms with van der Waals surface area (Å²) in [7, 11) is 0. The summed E-state index contributed by atoms with van der Waals surface area (Å²) >= 11 is 0. The number of aryl methyl sites for hydroxylation is 4. The molecule has 54 heavy (non-hydrogen) atoms. The van der Waals surface area contributed by atoms with E-state index in [0.717, 1.165) is 49.7 Å². The third kappa shape index (κ3) is 4.11. The fourth-order valence-corrected chi connectivity index (χ4v) is 9.99. The Kier molecular flexibility index (Phi) is 6.17. The second-order valence-corrected chi connectivity index (χ2v) is 15.4. The first-order chi connectivity index (χ1) is 26.6. The smallest absolute Gasteiger partial charge is 0.120 e. The largest absolute Gasteiger partial charge is 0.309 e. The summed E-state index contributed by atoms with van der Waals surface area (Å²) in [6.45, 7) is 2.16. The average molecular weight is 697 g/mol. The van der Waals surface area contributed by atoms with E-state index in [4.69, 9.17) is 4.99 Å². The molecule has 1 unspecified atom stereocenters. The Morgan fingerprint density at radius 1 is 0.648 bits per heavy atom. The van der Waals surface area contributed by atoms with Crippen LogP contribution in [0.1, 0.15) is 47.6 Å². The normalized spacial score (nSPS) is 18.4. The third-order valence-electron chi connectivity index (χ3n) is 12.5. The summed E-state index contributed by atoms with van der Waals surface area (Å²) in [6.07, 6.45) is 22.3. The van der Waals surface area contributed by atoms with Gasteiger partial charge in [-0.15, -0.1) is 0 Å². The summed E-state index contributed by atoms with van der Waals surface area (Å²) in [5.41, 5.74) is 19.4. The van der Waals surface area contributed by atoms with Crippen molar-refractivity contribution < 1.29 is 0 Å². The zero-order chi connectivity index (χ0) is 35.5. The minimum Gasteiger partial charge on any atom is -0.309 e. The molecule has 3 aliphatic carbocycles. The SMILES string of the molecule is CC1(c2ccc3c(c2)c2cc4c5c(c2n3C2=CCCC=C2)CCc2c-5c(cc3c5cc(-c6cncnc6)ccc5n(-c5ccccc5)c23)CC4)C=NC=N1. The number of hydrogen-bond acceptors (Lipinski definition) is 4. The molecule has 0 N–H and O–H groups in total. The number of para-hydroxylation sites is 1. The Morgan fingerprint density at radius 2 is 1.35 bits per heavy atom. The van der Waals surface area contributed by atoms with Crippen molar-refractivity contribution >= 4 is 61.9 Å². The molecule has 0 amide bonds. The Hall–Kier alpha value is -6.40. The maximum absolute atomic E-state index is 4.76. The minimum atomic E-state index is -0.443. The van der Waals surface area contributed by atoms with E-state index in [1.807, 2.05) is 18.6 Å². The number of benzene rings is 5. The van der Waals surface area contributed by atoms with Gasteiger partial charge in [-0.2, -0.15) is 0 Å². The molecular weight excluding hydrogens is 661 g/mol. The number of allylic oxidation sites excluding steroid dienone is 4. The number of rotatable bonds is 4. The molecule has 5 aromatic carbocycles. The molecule has 6 heteroatoms. The Balaban J connectivity index is 1.17. The zero-order valence-electron chi connectivity index (χ0n) is 30.1. The lowest BCUT2D eigenvalue weighted by Gasteiger charge is -2.31. The third-order valence-corrected chi connectivity index (χ3v) is 12.5. The van der Waals surface area contributed by atoms with E-state index in [1.165, 1.54) is 93.9 Å². The van der Waals surface area contributed by atoms with Crippen molar-refractivity contribution in [2.24, 2.45) is 9.98 Å². The Labute approximate surface area is 312 Å². The van der Waals surface area contributed by atoms with Gasteiger partial charge in [-0.1, -0.05) is 42.5 Å². The molecule has 4 heterocycles.